The van der Waals surface area contributed by atoms with Gasteiger partial charge in [0.05, 0.1) is 0 Å². The van der Waals surface area contributed by atoms with Crippen LogP contribution in [0.3, 0.4) is 0 Å². The van der Waals surface area contributed by atoms with Crippen molar-refractivity contribution >= 4 is 11.9 Å². The molecule has 0 aliphatic rings. The van der Waals surface area contributed by atoms with Crippen molar-refractivity contribution in [1.29, 1.82) is 0 Å². The standard InChI is InChI=1S/C14H17NO3/c1-2-3-11-15-13(16)9-10-14(17)18-12-7-5-4-6-8-12/h4-10H,2-3,11H2,1H3,(H,15,16)/b10-9-. The summed E-state index contributed by atoms with van der Waals surface area (Å²) in [6.45, 7) is 2.66. The van der Waals surface area contributed by atoms with Gasteiger partial charge in [-0.05, 0) is 18.6 Å². The Bertz CT molecular complexity index is 412. The minimum absolute atomic E-state index is 0.284. The van der Waals surface area contributed by atoms with Crippen molar-refractivity contribution in [2.45, 2.75) is 19.8 Å². The van der Waals surface area contributed by atoms with Crippen LogP contribution in [0.25, 0.3) is 0 Å². The number of carbonyl (C=O) groups is 2. The molecule has 0 heterocycles. The first-order valence-electron chi connectivity index (χ1n) is 5.95. The van der Waals surface area contributed by atoms with Crippen molar-refractivity contribution in [3.8, 4) is 5.75 Å². The Morgan fingerprint density at radius 3 is 2.61 bits per heavy atom. The molecule has 1 aromatic rings. The fourth-order valence-electron chi connectivity index (χ4n) is 1.23. The summed E-state index contributed by atoms with van der Waals surface area (Å²) < 4.78 is 4.98. The van der Waals surface area contributed by atoms with Gasteiger partial charge in [-0.15, -0.1) is 0 Å². The van der Waals surface area contributed by atoms with Gasteiger partial charge in [0.25, 0.3) is 0 Å². The molecule has 0 saturated carbocycles. The molecular formula is C14H17NO3. The first-order valence-corrected chi connectivity index (χ1v) is 5.95. The molecule has 0 aromatic heterocycles. The third kappa shape index (κ3) is 5.84. The minimum Gasteiger partial charge on any atom is -0.423 e. The third-order valence-corrected chi connectivity index (χ3v) is 2.16. The fourth-order valence-corrected chi connectivity index (χ4v) is 1.23. The summed E-state index contributed by atoms with van der Waals surface area (Å²) in [5.41, 5.74) is 0. The number of amides is 1. The van der Waals surface area contributed by atoms with Crippen molar-refractivity contribution in [2.75, 3.05) is 6.54 Å². The van der Waals surface area contributed by atoms with Crippen LogP contribution in [0.1, 0.15) is 19.8 Å². The van der Waals surface area contributed by atoms with Crippen molar-refractivity contribution in [2.24, 2.45) is 0 Å². The van der Waals surface area contributed by atoms with E-state index < -0.39 is 5.97 Å². The average molecular weight is 247 g/mol. The largest absolute Gasteiger partial charge is 0.423 e. The van der Waals surface area contributed by atoms with Crippen LogP contribution in [-0.4, -0.2) is 18.4 Å². The van der Waals surface area contributed by atoms with Crippen molar-refractivity contribution < 1.29 is 14.3 Å². The lowest BCUT2D eigenvalue weighted by atomic mass is 10.3. The van der Waals surface area contributed by atoms with E-state index in [0.717, 1.165) is 18.9 Å². The maximum atomic E-state index is 11.4. The zero-order valence-corrected chi connectivity index (χ0v) is 10.4. The highest BCUT2D eigenvalue weighted by Crippen LogP contribution is 2.08. The number of hydrogen-bond acceptors (Lipinski definition) is 3. The molecule has 0 radical (unpaired) electrons. The van der Waals surface area contributed by atoms with Crippen LogP contribution in [0.4, 0.5) is 0 Å². The second kappa shape index (κ2) is 8.06. The monoisotopic (exact) mass is 247 g/mol. The van der Waals surface area contributed by atoms with E-state index in [1.54, 1.807) is 24.3 Å². The number of esters is 1. The van der Waals surface area contributed by atoms with Crippen molar-refractivity contribution in [3.05, 3.63) is 42.5 Å². The second-order valence-corrected chi connectivity index (χ2v) is 3.71. The van der Waals surface area contributed by atoms with E-state index in [2.05, 4.69) is 5.32 Å². The average Bonchev–Trinajstić information content (AvgIpc) is 2.38. The lowest BCUT2D eigenvalue weighted by Gasteiger charge is -2.00. The number of ether oxygens (including phenoxy) is 1. The molecule has 0 saturated heterocycles. The van der Waals surface area contributed by atoms with Gasteiger partial charge in [0, 0.05) is 18.7 Å². The van der Waals surface area contributed by atoms with Crippen LogP contribution >= 0.6 is 0 Å². The van der Waals surface area contributed by atoms with E-state index in [4.69, 9.17) is 4.74 Å². The highest BCUT2D eigenvalue weighted by molar-refractivity contribution is 5.95. The molecule has 0 spiro atoms. The van der Waals surface area contributed by atoms with Gasteiger partial charge in [0.1, 0.15) is 5.75 Å². The number of rotatable bonds is 6. The molecule has 4 nitrogen and oxygen atoms in total. The van der Waals surface area contributed by atoms with Gasteiger partial charge in [-0.2, -0.15) is 0 Å². The fraction of sp³-hybridized carbons (Fsp3) is 0.286. The van der Waals surface area contributed by atoms with Gasteiger partial charge in [-0.1, -0.05) is 31.5 Å². The summed E-state index contributed by atoms with van der Waals surface area (Å²) in [7, 11) is 0. The molecule has 0 bridgehead atoms. The second-order valence-electron chi connectivity index (χ2n) is 3.71. The van der Waals surface area contributed by atoms with Crippen molar-refractivity contribution in [3.63, 3.8) is 0 Å². The number of carbonyl (C=O) groups excluding carboxylic acids is 2. The molecule has 1 rings (SSSR count). The van der Waals surface area contributed by atoms with E-state index in [9.17, 15) is 9.59 Å². The summed E-state index contributed by atoms with van der Waals surface area (Å²) >= 11 is 0. The molecule has 4 heteroatoms. The molecule has 0 unspecified atom stereocenters. The van der Waals surface area contributed by atoms with Crippen LogP contribution in [0.2, 0.25) is 0 Å². The van der Waals surface area contributed by atoms with E-state index in [1.807, 2.05) is 13.0 Å². The molecule has 1 amide bonds. The number of unbranched alkanes of at least 4 members (excludes halogenated alkanes) is 1. The predicted molar refractivity (Wildman–Crippen MR) is 69.1 cm³/mol. The van der Waals surface area contributed by atoms with Crippen molar-refractivity contribution in [1.82, 2.24) is 5.32 Å². The molecule has 0 aliphatic heterocycles. The summed E-state index contributed by atoms with van der Waals surface area (Å²) in [5, 5.41) is 2.67. The lowest BCUT2D eigenvalue weighted by molar-refractivity contribution is -0.129. The summed E-state index contributed by atoms with van der Waals surface area (Å²) in [4.78, 5) is 22.6. The molecule has 18 heavy (non-hydrogen) atoms. The van der Waals surface area contributed by atoms with Gasteiger partial charge in [-0.25, -0.2) is 4.79 Å². The Hall–Kier alpha value is -2.10. The predicted octanol–water partition coefficient (Wildman–Crippen LogP) is 2.06. The first-order chi connectivity index (χ1) is 8.72. The maximum absolute atomic E-state index is 11.4. The Labute approximate surface area is 107 Å². The number of nitrogens with one attached hydrogen (secondary N) is 1. The summed E-state index contributed by atoms with van der Waals surface area (Å²) in [6, 6.07) is 8.71. The molecule has 96 valence electrons. The smallest absolute Gasteiger partial charge is 0.336 e. The van der Waals surface area contributed by atoms with Crippen LogP contribution in [0.5, 0.6) is 5.75 Å². The Morgan fingerprint density at radius 2 is 1.94 bits per heavy atom. The molecule has 0 atom stereocenters. The molecule has 0 aliphatic carbocycles. The molecule has 1 N–H and O–H groups in total. The van der Waals surface area contributed by atoms with E-state index in [-0.39, 0.29) is 5.91 Å². The van der Waals surface area contributed by atoms with Gasteiger partial charge >= 0.3 is 5.97 Å². The molecule has 1 aromatic carbocycles. The lowest BCUT2D eigenvalue weighted by Crippen LogP contribution is -2.22. The van der Waals surface area contributed by atoms with Crippen LogP contribution in [-0.2, 0) is 9.59 Å². The SMILES string of the molecule is CCCCNC(=O)/C=C\C(=O)Oc1ccccc1. The highest BCUT2D eigenvalue weighted by atomic mass is 16.5. The van der Waals surface area contributed by atoms with Gasteiger partial charge in [-0.3, -0.25) is 4.79 Å². The Morgan fingerprint density at radius 1 is 1.22 bits per heavy atom. The molecular weight excluding hydrogens is 230 g/mol. The zero-order valence-electron chi connectivity index (χ0n) is 10.4. The quantitative estimate of drug-likeness (QED) is 0.362. The van der Waals surface area contributed by atoms with E-state index in [1.165, 1.54) is 6.08 Å². The number of para-hydroxylation sites is 1. The van der Waals surface area contributed by atoms with Gasteiger partial charge in [0.15, 0.2) is 0 Å². The van der Waals surface area contributed by atoms with Gasteiger partial charge in [0.2, 0.25) is 5.91 Å². The van der Waals surface area contributed by atoms with Crippen LogP contribution in [0.15, 0.2) is 42.5 Å². The minimum atomic E-state index is -0.563. The van der Waals surface area contributed by atoms with E-state index >= 15 is 0 Å². The molecule has 0 fully saturated rings. The normalized spacial score (nSPS) is 10.3. The van der Waals surface area contributed by atoms with E-state index in [0.29, 0.717) is 12.3 Å². The third-order valence-electron chi connectivity index (χ3n) is 2.16. The summed E-state index contributed by atoms with van der Waals surface area (Å²) in [6.07, 6.45) is 4.24. The first kappa shape index (κ1) is 14.0. The zero-order chi connectivity index (χ0) is 13.2. The summed E-state index contributed by atoms with van der Waals surface area (Å²) in [5.74, 6) is -0.390. The maximum Gasteiger partial charge on any atom is 0.336 e. The number of hydrogen-bond donors (Lipinski definition) is 1. The Kier molecular flexibility index (Phi) is 6.25. The number of benzene rings is 1. The van der Waals surface area contributed by atoms with Gasteiger partial charge < -0.3 is 10.1 Å². The topological polar surface area (TPSA) is 55.4 Å². The van der Waals surface area contributed by atoms with Crippen LogP contribution in [0, 0.1) is 0 Å². The Balaban J connectivity index is 2.33. The van der Waals surface area contributed by atoms with Crippen LogP contribution < -0.4 is 10.1 Å². The highest BCUT2D eigenvalue weighted by Gasteiger charge is 2.00.